The van der Waals surface area contributed by atoms with E-state index in [1.54, 1.807) is 11.3 Å². The topological polar surface area (TPSA) is 48.4 Å². The van der Waals surface area contributed by atoms with Gasteiger partial charge in [-0.25, -0.2) is 4.98 Å². The summed E-state index contributed by atoms with van der Waals surface area (Å²) >= 11 is 3.00. The highest BCUT2D eigenvalue weighted by Gasteiger charge is 2.39. The van der Waals surface area contributed by atoms with Gasteiger partial charge in [-0.05, 0) is 51.5 Å². The van der Waals surface area contributed by atoms with E-state index in [1.165, 1.54) is 11.8 Å². The number of thioether (sulfide) groups is 1. The van der Waals surface area contributed by atoms with Crippen LogP contribution >= 0.6 is 23.1 Å². The van der Waals surface area contributed by atoms with Crippen LogP contribution in [0.15, 0.2) is 46.8 Å². The number of aryl methyl sites for hydroxylation is 1. The molecule has 0 saturated heterocycles. The van der Waals surface area contributed by atoms with Gasteiger partial charge in [0.25, 0.3) is 0 Å². The Labute approximate surface area is 167 Å². The zero-order valence-corrected chi connectivity index (χ0v) is 17.6. The van der Waals surface area contributed by atoms with Gasteiger partial charge in [0, 0.05) is 0 Å². The van der Waals surface area contributed by atoms with Crippen LogP contribution in [-0.4, -0.2) is 24.2 Å². The average molecular weight is 402 g/mol. The van der Waals surface area contributed by atoms with Crippen LogP contribution in [0.4, 0.5) is 0 Å². The Morgan fingerprint density at radius 2 is 1.89 bits per heavy atom. The maximum atomic E-state index is 12.8. The minimum Gasteiger partial charge on any atom is -0.494 e. The third kappa shape index (κ3) is 4.28. The maximum Gasteiger partial charge on any atom is 0.326 e. The normalized spacial score (nSPS) is 13.3. The van der Waals surface area contributed by atoms with Gasteiger partial charge in [-0.1, -0.05) is 41.6 Å². The van der Waals surface area contributed by atoms with Gasteiger partial charge in [-0.3, -0.25) is 4.79 Å². The SMILES string of the molecule is CCOC(=O)C(C)(Sc1nc2ccc(OCC)cc2s1)c1ccc(C)cc1. The predicted octanol–water partition coefficient (Wildman–Crippen LogP) is 5.57. The summed E-state index contributed by atoms with van der Waals surface area (Å²) in [5.41, 5.74) is 2.96. The molecule has 1 aromatic heterocycles. The molecular weight excluding hydrogens is 378 g/mol. The first kappa shape index (κ1) is 19.7. The lowest BCUT2D eigenvalue weighted by atomic mass is 9.99. The monoisotopic (exact) mass is 401 g/mol. The van der Waals surface area contributed by atoms with E-state index in [9.17, 15) is 4.79 Å². The molecule has 2 aromatic carbocycles. The molecule has 0 saturated carbocycles. The summed E-state index contributed by atoms with van der Waals surface area (Å²) in [5.74, 6) is 0.574. The molecule has 3 rings (SSSR count). The van der Waals surface area contributed by atoms with E-state index in [0.29, 0.717) is 13.2 Å². The number of rotatable bonds is 7. The van der Waals surface area contributed by atoms with Crippen molar-refractivity contribution in [3.8, 4) is 5.75 Å². The highest BCUT2D eigenvalue weighted by atomic mass is 32.2. The van der Waals surface area contributed by atoms with Gasteiger partial charge in [-0.15, -0.1) is 11.3 Å². The predicted molar refractivity (Wildman–Crippen MR) is 112 cm³/mol. The number of hydrogen-bond donors (Lipinski definition) is 0. The summed E-state index contributed by atoms with van der Waals surface area (Å²) in [6, 6.07) is 13.9. The number of esters is 1. The zero-order chi connectivity index (χ0) is 19.4. The average Bonchev–Trinajstić information content (AvgIpc) is 3.04. The van der Waals surface area contributed by atoms with E-state index in [4.69, 9.17) is 14.5 Å². The van der Waals surface area contributed by atoms with E-state index in [2.05, 4.69) is 0 Å². The van der Waals surface area contributed by atoms with Gasteiger partial charge in [0.2, 0.25) is 0 Å². The summed E-state index contributed by atoms with van der Waals surface area (Å²) in [6.07, 6.45) is 0. The fourth-order valence-corrected chi connectivity index (χ4v) is 5.27. The summed E-state index contributed by atoms with van der Waals surface area (Å²) in [5, 5.41) is 0. The summed E-state index contributed by atoms with van der Waals surface area (Å²) in [4.78, 5) is 17.5. The molecule has 0 aliphatic rings. The van der Waals surface area contributed by atoms with E-state index in [-0.39, 0.29) is 5.97 Å². The van der Waals surface area contributed by atoms with Gasteiger partial charge in [0.1, 0.15) is 10.5 Å². The first-order chi connectivity index (χ1) is 13.0. The Morgan fingerprint density at radius 1 is 1.15 bits per heavy atom. The van der Waals surface area contributed by atoms with Crippen molar-refractivity contribution >= 4 is 39.3 Å². The molecule has 0 radical (unpaired) electrons. The Bertz CT molecular complexity index is 936. The fraction of sp³-hybridized carbons (Fsp3) is 0.333. The first-order valence-corrected chi connectivity index (χ1v) is 10.6. The quantitative estimate of drug-likeness (QED) is 0.382. The van der Waals surface area contributed by atoms with Crippen LogP contribution < -0.4 is 4.74 Å². The number of nitrogens with zero attached hydrogens (tertiary/aromatic N) is 1. The van der Waals surface area contributed by atoms with Crippen molar-refractivity contribution in [2.75, 3.05) is 13.2 Å². The van der Waals surface area contributed by atoms with Gasteiger partial charge in [0.05, 0.1) is 23.4 Å². The molecule has 1 atom stereocenters. The minimum atomic E-state index is -0.861. The number of hydrogen-bond acceptors (Lipinski definition) is 6. The maximum absolute atomic E-state index is 12.8. The third-order valence-electron chi connectivity index (χ3n) is 4.21. The van der Waals surface area contributed by atoms with E-state index in [1.807, 2.05) is 70.2 Å². The Morgan fingerprint density at radius 3 is 2.56 bits per heavy atom. The van der Waals surface area contributed by atoms with Crippen molar-refractivity contribution in [2.24, 2.45) is 0 Å². The number of ether oxygens (including phenoxy) is 2. The smallest absolute Gasteiger partial charge is 0.326 e. The van der Waals surface area contributed by atoms with Crippen LogP contribution in [0.5, 0.6) is 5.75 Å². The highest BCUT2D eigenvalue weighted by Crippen LogP contribution is 2.45. The second-order valence-electron chi connectivity index (χ2n) is 6.26. The van der Waals surface area contributed by atoms with E-state index >= 15 is 0 Å². The summed E-state index contributed by atoms with van der Waals surface area (Å²) in [7, 11) is 0. The van der Waals surface area contributed by atoms with Crippen molar-refractivity contribution in [1.82, 2.24) is 4.98 Å². The number of aromatic nitrogens is 1. The molecule has 27 heavy (non-hydrogen) atoms. The third-order valence-corrected chi connectivity index (χ3v) is 6.60. The van der Waals surface area contributed by atoms with Crippen LogP contribution in [0.2, 0.25) is 0 Å². The summed E-state index contributed by atoms with van der Waals surface area (Å²) < 4.78 is 12.0. The van der Waals surface area contributed by atoms with E-state index < -0.39 is 4.75 Å². The number of carbonyl (C=O) groups excluding carboxylic acids is 1. The molecule has 6 heteroatoms. The van der Waals surface area contributed by atoms with Crippen molar-refractivity contribution in [3.63, 3.8) is 0 Å². The lowest BCUT2D eigenvalue weighted by Gasteiger charge is -2.26. The Hall–Kier alpha value is -2.05. The first-order valence-electron chi connectivity index (χ1n) is 8.93. The lowest BCUT2D eigenvalue weighted by Crippen LogP contribution is -2.31. The minimum absolute atomic E-state index is 0.256. The Kier molecular flexibility index (Phi) is 6.07. The largest absolute Gasteiger partial charge is 0.494 e. The molecule has 0 spiro atoms. The molecule has 0 amide bonds. The van der Waals surface area contributed by atoms with Gasteiger partial charge in [0.15, 0.2) is 4.34 Å². The molecule has 4 nitrogen and oxygen atoms in total. The van der Waals surface area contributed by atoms with Crippen LogP contribution in [0.3, 0.4) is 0 Å². The number of thiazole rings is 1. The van der Waals surface area contributed by atoms with Gasteiger partial charge >= 0.3 is 5.97 Å². The highest BCUT2D eigenvalue weighted by molar-refractivity contribution is 8.02. The van der Waals surface area contributed by atoms with Gasteiger partial charge < -0.3 is 9.47 Å². The molecule has 3 aromatic rings. The molecular formula is C21H23NO3S2. The lowest BCUT2D eigenvalue weighted by molar-refractivity contribution is -0.145. The molecule has 1 unspecified atom stereocenters. The number of fused-ring (bicyclic) bond motifs is 1. The molecule has 0 bridgehead atoms. The van der Waals surface area contributed by atoms with Gasteiger partial charge in [-0.2, -0.15) is 0 Å². The molecule has 1 heterocycles. The second-order valence-corrected chi connectivity index (χ2v) is 8.96. The van der Waals surface area contributed by atoms with Crippen LogP contribution in [0.25, 0.3) is 10.2 Å². The zero-order valence-electron chi connectivity index (χ0n) is 15.9. The Balaban J connectivity index is 1.97. The molecule has 0 fully saturated rings. The number of carbonyl (C=O) groups is 1. The standard InChI is InChI=1S/C21H23NO3S2/c1-5-24-16-11-12-17-18(13-16)26-20(22-17)27-21(4,19(23)25-6-2)15-9-7-14(3)8-10-15/h7-13H,5-6H2,1-4H3. The van der Waals surface area contributed by atoms with Crippen molar-refractivity contribution in [3.05, 3.63) is 53.6 Å². The molecule has 142 valence electrons. The van der Waals surface area contributed by atoms with Crippen LogP contribution in [0, 0.1) is 6.92 Å². The summed E-state index contributed by atoms with van der Waals surface area (Å²) in [6.45, 7) is 8.69. The van der Waals surface area contributed by atoms with Crippen molar-refractivity contribution < 1.29 is 14.3 Å². The second kappa shape index (κ2) is 8.31. The molecule has 0 N–H and O–H groups in total. The molecule has 0 aliphatic heterocycles. The van der Waals surface area contributed by atoms with Crippen LogP contribution in [-0.2, 0) is 14.3 Å². The van der Waals surface area contributed by atoms with Crippen molar-refractivity contribution in [2.45, 2.75) is 36.8 Å². The fourth-order valence-electron chi connectivity index (χ4n) is 2.72. The van der Waals surface area contributed by atoms with E-state index in [0.717, 1.165) is 31.4 Å². The number of benzene rings is 2. The van der Waals surface area contributed by atoms with Crippen LogP contribution in [0.1, 0.15) is 31.9 Å². The van der Waals surface area contributed by atoms with Crippen molar-refractivity contribution in [1.29, 1.82) is 0 Å². The molecule has 0 aliphatic carbocycles.